The molecule has 1 unspecified atom stereocenters. The molecule has 6 nitrogen and oxygen atoms in total. The van der Waals surface area contributed by atoms with Gasteiger partial charge in [-0.2, -0.15) is 4.68 Å². The third kappa shape index (κ3) is 4.56. The Kier molecular flexibility index (Phi) is 5.50. The summed E-state index contributed by atoms with van der Waals surface area (Å²) in [5.41, 5.74) is 1.84. The molecule has 27 heavy (non-hydrogen) atoms. The van der Waals surface area contributed by atoms with Gasteiger partial charge in [0.1, 0.15) is 5.82 Å². The molecule has 0 radical (unpaired) electrons. The van der Waals surface area contributed by atoms with Crippen LogP contribution in [-0.2, 0) is 17.8 Å². The molecular weight excluding hydrogens is 345 g/mol. The van der Waals surface area contributed by atoms with E-state index in [2.05, 4.69) is 20.4 Å². The maximum atomic E-state index is 13.6. The lowest BCUT2D eigenvalue weighted by Crippen LogP contribution is -2.32. The molecule has 0 spiro atoms. The van der Waals surface area contributed by atoms with Gasteiger partial charge in [-0.15, -0.1) is 5.10 Å². The molecule has 3 aromatic rings. The van der Waals surface area contributed by atoms with Crippen molar-refractivity contribution in [3.05, 3.63) is 71.8 Å². The van der Waals surface area contributed by atoms with Crippen molar-refractivity contribution >= 4 is 0 Å². The van der Waals surface area contributed by atoms with Crippen molar-refractivity contribution < 1.29 is 9.13 Å². The summed E-state index contributed by atoms with van der Waals surface area (Å²) in [4.78, 5) is 2.22. The predicted octanol–water partition coefficient (Wildman–Crippen LogP) is 2.98. The van der Waals surface area contributed by atoms with E-state index in [1.807, 2.05) is 36.4 Å². The molecule has 1 aromatic heterocycles. The monoisotopic (exact) mass is 367 g/mol. The molecule has 7 heteroatoms. The van der Waals surface area contributed by atoms with Gasteiger partial charge in [-0.05, 0) is 53.1 Å². The zero-order valence-corrected chi connectivity index (χ0v) is 15.0. The van der Waals surface area contributed by atoms with Crippen molar-refractivity contribution in [2.75, 3.05) is 13.2 Å². The van der Waals surface area contributed by atoms with Gasteiger partial charge in [0.15, 0.2) is 5.82 Å². The van der Waals surface area contributed by atoms with Gasteiger partial charge in [0.05, 0.1) is 18.3 Å². The fraction of sp³-hybridized carbons (Fsp3) is 0.350. The van der Waals surface area contributed by atoms with Gasteiger partial charge in [0.2, 0.25) is 0 Å². The molecule has 2 heterocycles. The average molecular weight is 367 g/mol. The van der Waals surface area contributed by atoms with Crippen molar-refractivity contribution in [3.8, 4) is 5.69 Å². The van der Waals surface area contributed by atoms with Crippen LogP contribution in [-0.4, -0.2) is 44.4 Å². The van der Waals surface area contributed by atoms with Crippen LogP contribution in [0.3, 0.4) is 0 Å². The maximum Gasteiger partial charge on any atom is 0.170 e. The van der Waals surface area contributed by atoms with E-state index in [9.17, 15) is 4.39 Å². The predicted molar refractivity (Wildman–Crippen MR) is 98.6 cm³/mol. The van der Waals surface area contributed by atoms with Crippen molar-refractivity contribution in [2.45, 2.75) is 32.0 Å². The zero-order chi connectivity index (χ0) is 18.5. The van der Waals surface area contributed by atoms with Gasteiger partial charge in [-0.1, -0.05) is 30.3 Å². The van der Waals surface area contributed by atoms with E-state index < -0.39 is 0 Å². The maximum absolute atomic E-state index is 13.6. The van der Waals surface area contributed by atoms with Crippen LogP contribution in [0.5, 0.6) is 0 Å². The number of tetrazole rings is 1. The highest BCUT2D eigenvalue weighted by Crippen LogP contribution is 2.18. The first-order valence-electron chi connectivity index (χ1n) is 9.19. The van der Waals surface area contributed by atoms with Gasteiger partial charge in [-0.3, -0.25) is 4.90 Å². The zero-order valence-electron chi connectivity index (χ0n) is 15.0. The summed E-state index contributed by atoms with van der Waals surface area (Å²) in [6, 6.07) is 16.5. The molecule has 4 rings (SSSR count). The van der Waals surface area contributed by atoms with E-state index >= 15 is 0 Å². The summed E-state index contributed by atoms with van der Waals surface area (Å²) >= 11 is 0. The number of para-hydroxylation sites is 1. The number of ether oxygens (including phenoxy) is 1. The number of aromatic nitrogens is 4. The van der Waals surface area contributed by atoms with E-state index in [-0.39, 0.29) is 11.9 Å². The molecule has 1 aliphatic heterocycles. The second-order valence-electron chi connectivity index (χ2n) is 6.78. The first-order chi connectivity index (χ1) is 13.3. The van der Waals surface area contributed by atoms with E-state index in [0.29, 0.717) is 13.1 Å². The smallest absolute Gasteiger partial charge is 0.170 e. The Hall–Kier alpha value is -2.64. The molecule has 0 bridgehead atoms. The number of hydrogen-bond donors (Lipinski definition) is 0. The van der Waals surface area contributed by atoms with Crippen molar-refractivity contribution in [1.29, 1.82) is 0 Å². The Morgan fingerprint density at radius 3 is 2.78 bits per heavy atom. The Labute approximate surface area is 157 Å². The summed E-state index contributed by atoms with van der Waals surface area (Å²) in [6.07, 6.45) is 2.32. The Morgan fingerprint density at radius 1 is 1.11 bits per heavy atom. The molecule has 140 valence electrons. The highest BCUT2D eigenvalue weighted by atomic mass is 19.1. The lowest BCUT2D eigenvalue weighted by molar-refractivity contribution is 0.0667. The highest BCUT2D eigenvalue weighted by Gasteiger charge is 2.21. The lowest BCUT2D eigenvalue weighted by atomic mass is 10.1. The van der Waals surface area contributed by atoms with Gasteiger partial charge in [-0.25, -0.2) is 4.39 Å². The van der Waals surface area contributed by atoms with Crippen molar-refractivity contribution in [3.63, 3.8) is 0 Å². The summed E-state index contributed by atoms with van der Waals surface area (Å²) in [6.45, 7) is 2.73. The standard InChI is InChI=1S/C20H22FN5O/c21-17-7-4-6-16(12-17)13-25(14-19-10-5-11-27-19)15-20-22-23-24-26(20)18-8-2-1-3-9-18/h1-4,6-9,12,19H,5,10-11,13-15H2. The molecule has 0 aliphatic carbocycles. The van der Waals surface area contributed by atoms with Crippen LogP contribution < -0.4 is 0 Å². The summed E-state index contributed by atoms with van der Waals surface area (Å²) in [5, 5.41) is 12.2. The van der Waals surface area contributed by atoms with Crippen molar-refractivity contribution in [2.24, 2.45) is 0 Å². The molecule has 1 aliphatic rings. The molecule has 1 saturated heterocycles. The summed E-state index contributed by atoms with van der Waals surface area (Å²) in [5.74, 6) is 0.522. The van der Waals surface area contributed by atoms with Gasteiger partial charge in [0, 0.05) is 19.7 Å². The largest absolute Gasteiger partial charge is 0.377 e. The van der Waals surface area contributed by atoms with Crippen LogP contribution in [0.1, 0.15) is 24.2 Å². The molecule has 2 aromatic carbocycles. The van der Waals surface area contributed by atoms with E-state index in [4.69, 9.17) is 4.74 Å². The first-order valence-corrected chi connectivity index (χ1v) is 9.19. The number of benzene rings is 2. The minimum Gasteiger partial charge on any atom is -0.377 e. The van der Waals surface area contributed by atoms with Crippen LogP contribution in [0.25, 0.3) is 5.69 Å². The topological polar surface area (TPSA) is 56.1 Å². The number of hydrogen-bond acceptors (Lipinski definition) is 5. The average Bonchev–Trinajstić information content (AvgIpc) is 3.34. The van der Waals surface area contributed by atoms with Crippen LogP contribution in [0.15, 0.2) is 54.6 Å². The second kappa shape index (κ2) is 8.37. The normalized spacial score (nSPS) is 16.9. The number of rotatable bonds is 7. The third-order valence-corrected chi connectivity index (χ3v) is 4.68. The molecule has 0 amide bonds. The fourth-order valence-electron chi connectivity index (χ4n) is 3.43. The van der Waals surface area contributed by atoms with Crippen LogP contribution in [0.4, 0.5) is 4.39 Å². The second-order valence-corrected chi connectivity index (χ2v) is 6.78. The van der Waals surface area contributed by atoms with Gasteiger partial charge in [0.25, 0.3) is 0 Å². The Bertz CT molecular complexity index is 864. The third-order valence-electron chi connectivity index (χ3n) is 4.68. The van der Waals surface area contributed by atoms with Crippen LogP contribution in [0, 0.1) is 5.82 Å². The molecule has 0 saturated carbocycles. The lowest BCUT2D eigenvalue weighted by Gasteiger charge is -2.24. The summed E-state index contributed by atoms with van der Waals surface area (Å²) < 4.78 is 21.2. The fourth-order valence-corrected chi connectivity index (χ4v) is 3.43. The minimum absolute atomic E-state index is 0.194. The van der Waals surface area contributed by atoms with E-state index in [0.717, 1.165) is 43.1 Å². The van der Waals surface area contributed by atoms with Crippen LogP contribution >= 0.6 is 0 Å². The van der Waals surface area contributed by atoms with E-state index in [1.165, 1.54) is 6.07 Å². The van der Waals surface area contributed by atoms with E-state index in [1.54, 1.807) is 16.8 Å². The molecule has 0 N–H and O–H groups in total. The Morgan fingerprint density at radius 2 is 2.00 bits per heavy atom. The first kappa shape index (κ1) is 17.8. The SMILES string of the molecule is Fc1cccc(CN(Cc2nnnn2-c2ccccc2)CC2CCCO2)c1. The van der Waals surface area contributed by atoms with Gasteiger partial charge >= 0.3 is 0 Å². The summed E-state index contributed by atoms with van der Waals surface area (Å²) in [7, 11) is 0. The number of nitrogens with zero attached hydrogens (tertiary/aromatic N) is 5. The van der Waals surface area contributed by atoms with Crippen LogP contribution in [0.2, 0.25) is 0 Å². The highest BCUT2D eigenvalue weighted by molar-refractivity contribution is 5.30. The molecule has 1 fully saturated rings. The molecule has 1 atom stereocenters. The van der Waals surface area contributed by atoms with Crippen molar-refractivity contribution in [1.82, 2.24) is 25.1 Å². The molecular formula is C20H22FN5O. The Balaban J connectivity index is 1.55. The van der Waals surface area contributed by atoms with Gasteiger partial charge < -0.3 is 4.74 Å². The quantitative estimate of drug-likeness (QED) is 0.643. The number of halogens is 1. The minimum atomic E-state index is -0.223.